The molecule has 2 aromatic carbocycles. The molecule has 1 aliphatic rings. The summed E-state index contributed by atoms with van der Waals surface area (Å²) in [5.41, 5.74) is 6.76. The van der Waals surface area contributed by atoms with E-state index < -0.39 is 0 Å². The summed E-state index contributed by atoms with van der Waals surface area (Å²) in [6.45, 7) is 0.393. The summed E-state index contributed by atoms with van der Waals surface area (Å²) in [7, 11) is 0. The maximum atomic E-state index is 12.2. The van der Waals surface area contributed by atoms with Gasteiger partial charge in [0.1, 0.15) is 0 Å². The van der Waals surface area contributed by atoms with Crippen LogP contribution < -0.4 is 11.1 Å². The Morgan fingerprint density at radius 3 is 2.44 bits per heavy atom. The van der Waals surface area contributed by atoms with Crippen LogP contribution in [0.3, 0.4) is 0 Å². The lowest BCUT2D eigenvalue weighted by Crippen LogP contribution is -2.37. The van der Waals surface area contributed by atoms with Gasteiger partial charge < -0.3 is 11.1 Å². The lowest BCUT2D eigenvalue weighted by Gasteiger charge is -2.19. The van der Waals surface area contributed by atoms with Crippen molar-refractivity contribution in [3.63, 3.8) is 0 Å². The van der Waals surface area contributed by atoms with Gasteiger partial charge >= 0.3 is 0 Å². The third-order valence-electron chi connectivity index (χ3n) is 4.46. The maximum Gasteiger partial charge on any atom is 0.229 e. The predicted molar refractivity (Wildman–Crippen MR) is 94.5 cm³/mol. The molecule has 0 aliphatic carbocycles. The Balaban J connectivity index is 1.63. The number of benzene rings is 2. The van der Waals surface area contributed by atoms with Gasteiger partial charge in [0.2, 0.25) is 17.7 Å². The van der Waals surface area contributed by atoms with Gasteiger partial charge in [0.05, 0.1) is 6.04 Å². The Labute approximate surface area is 146 Å². The Kier molecular flexibility index (Phi) is 5.09. The van der Waals surface area contributed by atoms with Crippen molar-refractivity contribution in [2.24, 2.45) is 5.73 Å². The number of rotatable bonds is 6. The van der Waals surface area contributed by atoms with E-state index in [0.29, 0.717) is 0 Å². The van der Waals surface area contributed by atoms with E-state index in [1.165, 1.54) is 0 Å². The molecule has 3 rings (SSSR count). The summed E-state index contributed by atoms with van der Waals surface area (Å²) in [6, 6.07) is 13.6. The monoisotopic (exact) mass is 339 g/mol. The quantitative estimate of drug-likeness (QED) is 0.780. The van der Waals surface area contributed by atoms with E-state index in [1.807, 2.05) is 42.5 Å². The molecule has 1 saturated heterocycles. The average molecular weight is 339 g/mol. The molecule has 3 N–H and O–H groups in total. The van der Waals surface area contributed by atoms with Crippen molar-refractivity contribution in [1.29, 1.82) is 0 Å². The number of likely N-dealkylation sites (tertiary alicyclic amines) is 1. The van der Waals surface area contributed by atoms with Gasteiger partial charge in [0, 0.05) is 32.4 Å². The van der Waals surface area contributed by atoms with Crippen molar-refractivity contribution in [3.05, 3.63) is 48.0 Å². The molecule has 0 saturated carbocycles. The topological polar surface area (TPSA) is 92.5 Å². The molecule has 1 fully saturated rings. The minimum absolute atomic E-state index is 0.0849. The van der Waals surface area contributed by atoms with E-state index in [4.69, 9.17) is 5.73 Å². The molecule has 2 aromatic rings. The van der Waals surface area contributed by atoms with E-state index in [2.05, 4.69) is 5.32 Å². The first-order chi connectivity index (χ1) is 12.1. The molecular formula is C19H21N3O3. The van der Waals surface area contributed by atoms with Crippen LogP contribution in [0.4, 0.5) is 0 Å². The number of nitrogens with one attached hydrogen (secondary N) is 1. The Hall–Kier alpha value is -2.73. The van der Waals surface area contributed by atoms with Crippen LogP contribution in [0.2, 0.25) is 0 Å². The minimum Gasteiger partial charge on any atom is -0.348 e. The largest absolute Gasteiger partial charge is 0.348 e. The van der Waals surface area contributed by atoms with Crippen molar-refractivity contribution >= 4 is 28.5 Å². The Morgan fingerprint density at radius 2 is 1.76 bits per heavy atom. The van der Waals surface area contributed by atoms with Crippen molar-refractivity contribution in [2.45, 2.75) is 25.3 Å². The molecule has 1 aliphatic heterocycles. The summed E-state index contributed by atoms with van der Waals surface area (Å²) in [5.74, 6) is -0.637. The number of nitrogens with zero attached hydrogens (tertiary/aromatic N) is 1. The lowest BCUT2D eigenvalue weighted by atomic mass is 10.0. The number of carbonyl (C=O) groups is 3. The fourth-order valence-corrected chi connectivity index (χ4v) is 3.06. The number of carbonyl (C=O) groups excluding carboxylic acids is 3. The third kappa shape index (κ3) is 3.85. The summed E-state index contributed by atoms with van der Waals surface area (Å²) >= 11 is 0. The maximum absolute atomic E-state index is 12.2. The van der Waals surface area contributed by atoms with Gasteiger partial charge in [-0.25, -0.2) is 0 Å². The standard InChI is InChI=1S/C19H21N3O3/c20-12-16(15-6-5-13-3-1-2-4-14(13)11-15)21-17(23)9-10-22-18(24)7-8-19(22)25/h1-6,11,16H,7-10,12,20H2,(H,21,23). The molecule has 3 amide bonds. The molecule has 6 heteroatoms. The number of fused-ring (bicyclic) bond motifs is 1. The first-order valence-electron chi connectivity index (χ1n) is 8.40. The van der Waals surface area contributed by atoms with Crippen LogP contribution in [0.1, 0.15) is 30.9 Å². The number of amides is 3. The van der Waals surface area contributed by atoms with Crippen LogP contribution in [-0.2, 0) is 14.4 Å². The number of hydrogen-bond acceptors (Lipinski definition) is 4. The molecule has 1 atom stereocenters. The summed E-state index contributed by atoms with van der Waals surface area (Å²) < 4.78 is 0. The van der Waals surface area contributed by atoms with Crippen LogP contribution in [0.5, 0.6) is 0 Å². The molecule has 1 heterocycles. The molecule has 0 bridgehead atoms. The van der Waals surface area contributed by atoms with Gasteiger partial charge in [0.25, 0.3) is 0 Å². The predicted octanol–water partition coefficient (Wildman–Crippen LogP) is 1.49. The second kappa shape index (κ2) is 7.44. The molecule has 0 radical (unpaired) electrons. The number of nitrogens with two attached hydrogens (primary N) is 1. The molecule has 25 heavy (non-hydrogen) atoms. The molecule has 6 nitrogen and oxygen atoms in total. The van der Waals surface area contributed by atoms with E-state index >= 15 is 0 Å². The average Bonchev–Trinajstić information content (AvgIpc) is 2.95. The summed E-state index contributed by atoms with van der Waals surface area (Å²) in [6.07, 6.45) is 0.563. The number of hydrogen-bond donors (Lipinski definition) is 2. The normalized spacial score (nSPS) is 15.6. The Morgan fingerprint density at radius 1 is 1.08 bits per heavy atom. The second-order valence-corrected chi connectivity index (χ2v) is 6.15. The fourth-order valence-electron chi connectivity index (χ4n) is 3.06. The van der Waals surface area contributed by atoms with E-state index in [0.717, 1.165) is 21.2 Å². The minimum atomic E-state index is -0.304. The second-order valence-electron chi connectivity index (χ2n) is 6.15. The van der Waals surface area contributed by atoms with Gasteiger partial charge in [-0.1, -0.05) is 36.4 Å². The lowest BCUT2D eigenvalue weighted by molar-refractivity contribution is -0.138. The van der Waals surface area contributed by atoms with E-state index in [1.54, 1.807) is 0 Å². The summed E-state index contributed by atoms with van der Waals surface area (Å²) in [5, 5.41) is 5.10. The van der Waals surface area contributed by atoms with Gasteiger partial charge in [-0.05, 0) is 22.4 Å². The fraction of sp³-hybridized carbons (Fsp3) is 0.316. The SMILES string of the molecule is NCC(NC(=O)CCN1C(=O)CCC1=O)c1ccc2ccccc2c1. The van der Waals surface area contributed by atoms with Crippen molar-refractivity contribution in [1.82, 2.24) is 10.2 Å². The highest BCUT2D eigenvalue weighted by Gasteiger charge is 2.29. The zero-order valence-electron chi connectivity index (χ0n) is 13.9. The molecule has 1 unspecified atom stereocenters. The van der Waals surface area contributed by atoms with Gasteiger partial charge in [-0.15, -0.1) is 0 Å². The van der Waals surface area contributed by atoms with Crippen molar-refractivity contribution in [2.75, 3.05) is 13.1 Å². The van der Waals surface area contributed by atoms with Gasteiger partial charge in [0.15, 0.2) is 0 Å². The zero-order chi connectivity index (χ0) is 17.8. The molecule has 0 aromatic heterocycles. The zero-order valence-corrected chi connectivity index (χ0v) is 13.9. The van der Waals surface area contributed by atoms with Gasteiger partial charge in [-0.2, -0.15) is 0 Å². The highest BCUT2D eigenvalue weighted by Crippen LogP contribution is 2.20. The van der Waals surface area contributed by atoms with Crippen LogP contribution in [0.15, 0.2) is 42.5 Å². The van der Waals surface area contributed by atoms with Crippen LogP contribution in [0.25, 0.3) is 10.8 Å². The van der Waals surface area contributed by atoms with Crippen LogP contribution in [0, 0.1) is 0 Å². The summed E-state index contributed by atoms with van der Waals surface area (Å²) in [4.78, 5) is 36.5. The molecule has 0 spiro atoms. The Bertz CT molecular complexity index is 802. The molecule has 130 valence electrons. The first kappa shape index (κ1) is 17.1. The van der Waals surface area contributed by atoms with Crippen molar-refractivity contribution < 1.29 is 14.4 Å². The number of imide groups is 1. The third-order valence-corrected chi connectivity index (χ3v) is 4.46. The smallest absolute Gasteiger partial charge is 0.229 e. The molecular weight excluding hydrogens is 318 g/mol. The van der Waals surface area contributed by atoms with E-state index in [9.17, 15) is 14.4 Å². The van der Waals surface area contributed by atoms with Crippen LogP contribution in [-0.4, -0.2) is 35.7 Å². The van der Waals surface area contributed by atoms with Gasteiger partial charge in [-0.3, -0.25) is 19.3 Å². The highest BCUT2D eigenvalue weighted by molar-refractivity contribution is 6.02. The van der Waals surface area contributed by atoms with E-state index in [-0.39, 0.29) is 56.1 Å². The van der Waals surface area contributed by atoms with Crippen molar-refractivity contribution in [3.8, 4) is 0 Å². The van der Waals surface area contributed by atoms with Crippen LogP contribution >= 0.6 is 0 Å². The first-order valence-corrected chi connectivity index (χ1v) is 8.40. The highest BCUT2D eigenvalue weighted by atomic mass is 16.2.